The fraction of sp³-hybridized carbons (Fsp3) is 0.304. The molecule has 7 nitrogen and oxygen atoms in total. The van der Waals surface area contributed by atoms with Crippen molar-refractivity contribution in [2.75, 3.05) is 23.7 Å². The number of hydrogen-bond donors (Lipinski definition) is 2. The molecule has 2 aromatic heterocycles. The second-order valence-corrected chi connectivity index (χ2v) is 7.70. The van der Waals surface area contributed by atoms with Crippen LogP contribution in [0.4, 0.5) is 21.8 Å². The number of rotatable bonds is 6. The highest BCUT2D eigenvalue weighted by Gasteiger charge is 2.29. The molecule has 4 rings (SSSR count). The van der Waals surface area contributed by atoms with Gasteiger partial charge in [0.05, 0.1) is 24.0 Å². The predicted octanol–water partition coefficient (Wildman–Crippen LogP) is 4.15. The molecule has 1 fully saturated rings. The van der Waals surface area contributed by atoms with Gasteiger partial charge in [0.2, 0.25) is 11.9 Å². The molecule has 31 heavy (non-hydrogen) atoms. The van der Waals surface area contributed by atoms with Gasteiger partial charge in [0.1, 0.15) is 11.6 Å². The molecule has 0 unspecified atom stereocenters. The van der Waals surface area contributed by atoms with Crippen LogP contribution in [-0.4, -0.2) is 38.8 Å². The zero-order chi connectivity index (χ0) is 21.8. The monoisotopic (exact) mass is 420 g/mol. The molecule has 0 saturated carbocycles. The first-order valence-electron chi connectivity index (χ1n) is 10.3. The number of para-hydroxylation sites is 1. The summed E-state index contributed by atoms with van der Waals surface area (Å²) in [5, 5.41) is 5.83. The maximum Gasteiger partial charge on any atom is 0.238 e. The van der Waals surface area contributed by atoms with E-state index in [1.54, 1.807) is 18.2 Å². The Morgan fingerprint density at radius 2 is 1.87 bits per heavy atom. The van der Waals surface area contributed by atoms with E-state index < -0.39 is 5.82 Å². The van der Waals surface area contributed by atoms with Crippen molar-refractivity contribution in [3.05, 3.63) is 71.4 Å². The summed E-state index contributed by atoms with van der Waals surface area (Å²) < 4.78 is 13.8. The Kier molecular flexibility index (Phi) is 6.18. The summed E-state index contributed by atoms with van der Waals surface area (Å²) in [7, 11) is 0. The molecule has 1 atom stereocenters. The third kappa shape index (κ3) is 5.21. The third-order valence-electron chi connectivity index (χ3n) is 5.19. The quantitative estimate of drug-likeness (QED) is 0.623. The van der Waals surface area contributed by atoms with Gasteiger partial charge in [-0.05, 0) is 63.6 Å². The number of benzene rings is 1. The number of amides is 1. The summed E-state index contributed by atoms with van der Waals surface area (Å²) in [6.07, 6.45) is 1.88. The Hall–Kier alpha value is -3.39. The molecule has 1 aromatic carbocycles. The highest BCUT2D eigenvalue weighted by Crippen LogP contribution is 2.31. The van der Waals surface area contributed by atoms with Gasteiger partial charge in [0, 0.05) is 11.4 Å². The van der Waals surface area contributed by atoms with Gasteiger partial charge in [-0.1, -0.05) is 18.2 Å². The minimum Gasteiger partial charge on any atom is -0.322 e. The molecule has 1 saturated heterocycles. The summed E-state index contributed by atoms with van der Waals surface area (Å²) in [5.74, 6) is 0.484. The summed E-state index contributed by atoms with van der Waals surface area (Å²) in [6, 6.07) is 13.9. The van der Waals surface area contributed by atoms with Gasteiger partial charge < -0.3 is 10.6 Å². The smallest absolute Gasteiger partial charge is 0.238 e. The van der Waals surface area contributed by atoms with Crippen molar-refractivity contribution >= 4 is 23.4 Å². The number of carbonyl (C=O) groups excluding carboxylic acids is 1. The maximum absolute atomic E-state index is 13.8. The van der Waals surface area contributed by atoms with Crippen molar-refractivity contribution in [2.45, 2.75) is 32.7 Å². The van der Waals surface area contributed by atoms with E-state index in [0.29, 0.717) is 11.8 Å². The Morgan fingerprint density at radius 3 is 2.65 bits per heavy atom. The predicted molar refractivity (Wildman–Crippen MR) is 118 cm³/mol. The molecular formula is C23H25FN6O. The van der Waals surface area contributed by atoms with Gasteiger partial charge in [-0.25, -0.2) is 19.3 Å². The van der Waals surface area contributed by atoms with Gasteiger partial charge >= 0.3 is 0 Å². The van der Waals surface area contributed by atoms with Gasteiger partial charge in [-0.2, -0.15) is 0 Å². The molecule has 8 heteroatoms. The SMILES string of the molecule is Cc1cc(C)nc(Nc2cccc([C@H]3CCCN3CC(=O)Nc3ccccc3F)n2)n1. The molecule has 1 amide bonds. The first kappa shape index (κ1) is 20.9. The van der Waals surface area contributed by atoms with E-state index in [0.717, 1.165) is 36.5 Å². The standard InChI is InChI=1S/C23H25FN6O/c1-15-13-16(2)26-23(25-15)29-21-11-5-9-19(27-21)20-10-6-12-30(20)14-22(31)28-18-8-4-3-7-17(18)24/h3-5,7-9,11,13,20H,6,10,12,14H2,1-2H3,(H,28,31)(H,25,26,27,29)/t20-/m1/s1. The molecule has 160 valence electrons. The molecule has 0 bridgehead atoms. The van der Waals surface area contributed by atoms with Crippen LogP contribution >= 0.6 is 0 Å². The number of likely N-dealkylation sites (tertiary alicyclic amines) is 1. The molecule has 0 aliphatic carbocycles. The summed E-state index contributed by atoms with van der Waals surface area (Å²) in [5.41, 5.74) is 2.84. The van der Waals surface area contributed by atoms with Crippen LogP contribution in [0.1, 0.15) is 36.0 Å². The highest BCUT2D eigenvalue weighted by molar-refractivity contribution is 5.92. The normalized spacial score (nSPS) is 16.3. The topological polar surface area (TPSA) is 83.0 Å². The van der Waals surface area contributed by atoms with Crippen LogP contribution in [0.2, 0.25) is 0 Å². The summed E-state index contributed by atoms with van der Waals surface area (Å²) in [4.78, 5) is 28.1. The minimum absolute atomic E-state index is 0.0216. The van der Waals surface area contributed by atoms with Crippen molar-refractivity contribution in [3.63, 3.8) is 0 Å². The Labute approximate surface area is 180 Å². The van der Waals surface area contributed by atoms with Crippen LogP contribution in [0.5, 0.6) is 0 Å². The van der Waals surface area contributed by atoms with E-state index in [2.05, 4.69) is 25.5 Å². The van der Waals surface area contributed by atoms with Gasteiger partial charge in [-0.15, -0.1) is 0 Å². The lowest BCUT2D eigenvalue weighted by Crippen LogP contribution is -2.33. The zero-order valence-electron chi connectivity index (χ0n) is 17.6. The number of pyridine rings is 1. The van der Waals surface area contributed by atoms with Crippen LogP contribution in [0, 0.1) is 19.7 Å². The van der Waals surface area contributed by atoms with Crippen LogP contribution in [-0.2, 0) is 4.79 Å². The lowest BCUT2D eigenvalue weighted by atomic mass is 10.1. The van der Waals surface area contributed by atoms with Crippen molar-refractivity contribution in [1.29, 1.82) is 0 Å². The van der Waals surface area contributed by atoms with E-state index in [9.17, 15) is 9.18 Å². The fourth-order valence-electron chi connectivity index (χ4n) is 3.89. The van der Waals surface area contributed by atoms with E-state index in [-0.39, 0.29) is 24.2 Å². The molecule has 0 spiro atoms. The summed E-state index contributed by atoms with van der Waals surface area (Å²) >= 11 is 0. The zero-order valence-corrected chi connectivity index (χ0v) is 17.6. The molecule has 3 heterocycles. The lowest BCUT2D eigenvalue weighted by Gasteiger charge is -2.24. The van der Waals surface area contributed by atoms with Gasteiger partial charge in [-0.3, -0.25) is 9.69 Å². The van der Waals surface area contributed by atoms with Crippen LogP contribution in [0.3, 0.4) is 0 Å². The second kappa shape index (κ2) is 9.18. The number of anilines is 3. The molecule has 2 N–H and O–H groups in total. The molecular weight excluding hydrogens is 395 g/mol. The van der Waals surface area contributed by atoms with Gasteiger partial charge in [0.25, 0.3) is 0 Å². The maximum atomic E-state index is 13.8. The van der Waals surface area contributed by atoms with Crippen molar-refractivity contribution in [1.82, 2.24) is 19.9 Å². The van der Waals surface area contributed by atoms with Crippen LogP contribution in [0.15, 0.2) is 48.5 Å². The Morgan fingerprint density at radius 1 is 1.10 bits per heavy atom. The number of nitrogens with one attached hydrogen (secondary N) is 2. The first-order valence-corrected chi connectivity index (χ1v) is 10.3. The molecule has 1 aliphatic rings. The molecule has 3 aromatic rings. The number of aryl methyl sites for hydroxylation is 2. The average molecular weight is 420 g/mol. The van der Waals surface area contributed by atoms with Crippen molar-refractivity contribution < 1.29 is 9.18 Å². The molecule has 1 aliphatic heterocycles. The largest absolute Gasteiger partial charge is 0.322 e. The van der Waals surface area contributed by atoms with Crippen molar-refractivity contribution in [2.24, 2.45) is 0 Å². The third-order valence-corrected chi connectivity index (χ3v) is 5.19. The van der Waals surface area contributed by atoms with E-state index in [4.69, 9.17) is 4.98 Å². The lowest BCUT2D eigenvalue weighted by molar-refractivity contribution is -0.117. The number of nitrogens with zero attached hydrogens (tertiary/aromatic N) is 4. The number of halogens is 1. The average Bonchev–Trinajstić information content (AvgIpc) is 3.17. The molecule has 0 radical (unpaired) electrons. The fourth-order valence-corrected chi connectivity index (χ4v) is 3.89. The number of hydrogen-bond acceptors (Lipinski definition) is 6. The van der Waals surface area contributed by atoms with Crippen LogP contribution < -0.4 is 10.6 Å². The number of aromatic nitrogens is 3. The Balaban J connectivity index is 1.45. The first-order chi connectivity index (χ1) is 15.0. The van der Waals surface area contributed by atoms with Gasteiger partial charge in [0.15, 0.2) is 0 Å². The van der Waals surface area contributed by atoms with E-state index >= 15 is 0 Å². The second-order valence-electron chi connectivity index (χ2n) is 7.70. The van der Waals surface area contributed by atoms with Crippen LogP contribution in [0.25, 0.3) is 0 Å². The Bertz CT molecular complexity index is 1070. The van der Waals surface area contributed by atoms with Crippen molar-refractivity contribution in [3.8, 4) is 0 Å². The number of carbonyl (C=O) groups is 1. The van der Waals surface area contributed by atoms with E-state index in [1.165, 1.54) is 6.07 Å². The highest BCUT2D eigenvalue weighted by atomic mass is 19.1. The minimum atomic E-state index is -0.442. The summed E-state index contributed by atoms with van der Waals surface area (Å²) in [6.45, 7) is 4.81. The van der Waals surface area contributed by atoms with E-state index in [1.807, 2.05) is 38.1 Å².